The summed E-state index contributed by atoms with van der Waals surface area (Å²) in [7, 11) is 2.37. The third-order valence-electron chi connectivity index (χ3n) is 2.30. The Balaban J connectivity index is 2.17. The van der Waals surface area contributed by atoms with E-state index in [0.717, 1.165) is 0 Å². The molecule has 0 aliphatic carbocycles. The topological polar surface area (TPSA) is 46.2 Å². The predicted molar refractivity (Wildman–Crippen MR) is 52.1 cm³/mol. The quantitative estimate of drug-likeness (QED) is 0.579. The summed E-state index contributed by atoms with van der Waals surface area (Å²) in [6.45, 7) is 1.98. The molecule has 0 spiro atoms. The molecule has 0 amide bonds. The molecule has 84 valence electrons. The first-order valence-corrected chi connectivity index (χ1v) is 6.54. The first-order chi connectivity index (χ1) is 6.76. The van der Waals surface area contributed by atoms with E-state index in [0.29, 0.717) is 25.9 Å². The lowest BCUT2D eigenvalue weighted by Gasteiger charge is -2.28. The number of ether oxygens (including phenoxy) is 2. The minimum atomic E-state index is -2.44. The average molecular weight is 222 g/mol. The Bertz CT molecular complexity index is 150. The number of hydrogen-bond donors (Lipinski definition) is 0. The highest BCUT2D eigenvalue weighted by atomic mass is 28.4. The molecule has 0 atom stereocenters. The third kappa shape index (κ3) is 3.01. The maximum Gasteiger partial charge on any atom is 0.502 e. The van der Waals surface area contributed by atoms with Crippen molar-refractivity contribution in [3.63, 3.8) is 0 Å². The van der Waals surface area contributed by atoms with Crippen molar-refractivity contribution in [1.82, 2.24) is 0 Å². The Morgan fingerprint density at radius 2 is 1.71 bits per heavy atom. The van der Waals surface area contributed by atoms with Gasteiger partial charge in [0, 0.05) is 27.4 Å². The van der Waals surface area contributed by atoms with Crippen molar-refractivity contribution in [2.45, 2.75) is 12.1 Å². The van der Waals surface area contributed by atoms with Crippen LogP contribution in [0, 0.1) is 0 Å². The van der Waals surface area contributed by atoms with Gasteiger partial charge in [-0.1, -0.05) is 0 Å². The molecule has 0 aromatic heterocycles. The summed E-state index contributed by atoms with van der Waals surface area (Å²) in [5.74, 6) is 0. The van der Waals surface area contributed by atoms with E-state index in [1.54, 1.807) is 21.3 Å². The molecule has 0 aromatic rings. The van der Waals surface area contributed by atoms with Gasteiger partial charge in [0.1, 0.15) is 6.10 Å². The molecule has 0 aromatic carbocycles. The minimum Gasteiger partial charge on any atom is -0.377 e. The average Bonchev–Trinajstić information content (AvgIpc) is 2.17. The van der Waals surface area contributed by atoms with E-state index >= 15 is 0 Å². The van der Waals surface area contributed by atoms with Gasteiger partial charge in [0.25, 0.3) is 0 Å². The summed E-state index contributed by atoms with van der Waals surface area (Å²) in [6.07, 6.45) is 0.243. The van der Waals surface area contributed by atoms with Crippen molar-refractivity contribution in [2.24, 2.45) is 0 Å². The fraction of sp³-hybridized carbons (Fsp3) is 1.00. The van der Waals surface area contributed by atoms with Crippen LogP contribution in [0.3, 0.4) is 0 Å². The lowest BCUT2D eigenvalue weighted by molar-refractivity contribution is -0.127. The maximum absolute atomic E-state index is 5.51. The summed E-state index contributed by atoms with van der Waals surface area (Å²) in [5, 5.41) is 0. The van der Waals surface area contributed by atoms with Gasteiger partial charge in [-0.05, 0) is 0 Å². The van der Waals surface area contributed by atoms with Gasteiger partial charge < -0.3 is 22.8 Å². The van der Waals surface area contributed by atoms with Crippen LogP contribution >= 0.6 is 0 Å². The zero-order valence-electron chi connectivity index (χ0n) is 8.95. The van der Waals surface area contributed by atoms with Gasteiger partial charge in [0.15, 0.2) is 0 Å². The lowest BCUT2D eigenvalue weighted by Crippen LogP contribution is -2.45. The molecule has 1 saturated heterocycles. The summed E-state index contributed by atoms with van der Waals surface area (Å²) >= 11 is 0. The fourth-order valence-electron chi connectivity index (χ4n) is 1.22. The minimum absolute atomic E-state index is 0.243. The Morgan fingerprint density at radius 3 is 2.07 bits per heavy atom. The molecule has 5 nitrogen and oxygen atoms in total. The van der Waals surface area contributed by atoms with Gasteiger partial charge in [-0.25, -0.2) is 0 Å². The first-order valence-electron chi connectivity index (χ1n) is 4.61. The molecule has 1 fully saturated rings. The Kier molecular flexibility index (Phi) is 5.00. The van der Waals surface area contributed by atoms with Crippen molar-refractivity contribution in [3.05, 3.63) is 0 Å². The van der Waals surface area contributed by atoms with Gasteiger partial charge in [-0.15, -0.1) is 0 Å². The molecule has 6 heteroatoms. The van der Waals surface area contributed by atoms with Crippen LogP contribution in [-0.2, 0) is 22.8 Å². The van der Waals surface area contributed by atoms with Crippen LogP contribution in [0.2, 0.25) is 6.04 Å². The van der Waals surface area contributed by atoms with Crippen LogP contribution in [0.4, 0.5) is 0 Å². The molecule has 1 rings (SSSR count). The Morgan fingerprint density at radius 1 is 1.14 bits per heavy atom. The smallest absolute Gasteiger partial charge is 0.377 e. The van der Waals surface area contributed by atoms with Crippen LogP contribution in [-0.4, -0.2) is 56.1 Å². The van der Waals surface area contributed by atoms with Crippen molar-refractivity contribution < 1.29 is 22.8 Å². The molecule has 1 aliphatic heterocycles. The van der Waals surface area contributed by atoms with Crippen LogP contribution in [0.5, 0.6) is 0 Å². The summed E-state index contributed by atoms with van der Waals surface area (Å²) in [4.78, 5) is 0. The molecule has 1 heterocycles. The molecule has 0 N–H and O–H groups in total. The lowest BCUT2D eigenvalue weighted by atomic mass is 10.3. The third-order valence-corrected chi connectivity index (χ3v) is 4.98. The second-order valence-electron chi connectivity index (χ2n) is 3.08. The summed E-state index contributed by atoms with van der Waals surface area (Å²) < 4.78 is 26.3. The molecule has 0 bridgehead atoms. The van der Waals surface area contributed by atoms with E-state index in [2.05, 4.69) is 0 Å². The highest BCUT2D eigenvalue weighted by molar-refractivity contribution is 6.60. The first kappa shape index (κ1) is 12.1. The van der Waals surface area contributed by atoms with Gasteiger partial charge >= 0.3 is 8.80 Å². The molecule has 0 saturated carbocycles. The van der Waals surface area contributed by atoms with E-state index in [1.165, 1.54) is 0 Å². The molecular formula is C8H18O5Si. The normalized spacial score (nSPS) is 18.2. The summed E-state index contributed by atoms with van der Waals surface area (Å²) in [5.41, 5.74) is 0. The molecule has 0 unspecified atom stereocenters. The van der Waals surface area contributed by atoms with E-state index in [-0.39, 0.29) is 6.10 Å². The predicted octanol–water partition coefficient (Wildman–Crippen LogP) is 0.280. The van der Waals surface area contributed by atoms with Gasteiger partial charge in [-0.3, -0.25) is 0 Å². The van der Waals surface area contributed by atoms with E-state index in [4.69, 9.17) is 22.8 Å². The van der Waals surface area contributed by atoms with Crippen LogP contribution in [0.25, 0.3) is 0 Å². The van der Waals surface area contributed by atoms with E-state index in [9.17, 15) is 0 Å². The summed E-state index contributed by atoms with van der Waals surface area (Å²) in [6, 6.07) is 0.674. The molecule has 0 radical (unpaired) electrons. The SMILES string of the molecule is CO[Si](CCOC1COC1)(OC)OC. The fourth-order valence-corrected chi connectivity index (χ4v) is 2.70. The molecule has 1 aliphatic rings. The highest BCUT2D eigenvalue weighted by Crippen LogP contribution is 2.14. The number of hydrogen-bond acceptors (Lipinski definition) is 5. The van der Waals surface area contributed by atoms with Crippen molar-refractivity contribution in [2.75, 3.05) is 41.2 Å². The van der Waals surface area contributed by atoms with Gasteiger partial charge in [0.05, 0.1) is 19.8 Å². The maximum atomic E-state index is 5.51. The van der Waals surface area contributed by atoms with Gasteiger partial charge in [0.2, 0.25) is 0 Å². The zero-order chi connectivity index (χ0) is 10.4. The van der Waals surface area contributed by atoms with Crippen LogP contribution < -0.4 is 0 Å². The molecular weight excluding hydrogens is 204 g/mol. The highest BCUT2D eigenvalue weighted by Gasteiger charge is 2.37. The second kappa shape index (κ2) is 5.79. The largest absolute Gasteiger partial charge is 0.502 e. The monoisotopic (exact) mass is 222 g/mol. The van der Waals surface area contributed by atoms with E-state index in [1.807, 2.05) is 0 Å². The van der Waals surface area contributed by atoms with Crippen molar-refractivity contribution in [3.8, 4) is 0 Å². The second-order valence-corrected chi connectivity index (χ2v) is 6.17. The van der Waals surface area contributed by atoms with E-state index < -0.39 is 8.80 Å². The van der Waals surface area contributed by atoms with Crippen LogP contribution in [0.1, 0.15) is 0 Å². The van der Waals surface area contributed by atoms with Crippen LogP contribution in [0.15, 0.2) is 0 Å². The van der Waals surface area contributed by atoms with Crippen molar-refractivity contribution >= 4 is 8.80 Å². The zero-order valence-corrected chi connectivity index (χ0v) is 9.95. The Hall–Kier alpha value is 0.0169. The Labute approximate surface area is 85.6 Å². The standard InChI is InChI=1S/C8H18O5Si/c1-9-14(10-2,11-3)5-4-13-8-6-12-7-8/h8H,4-7H2,1-3H3. The number of rotatable bonds is 7. The van der Waals surface area contributed by atoms with Gasteiger partial charge in [-0.2, -0.15) is 0 Å². The molecule has 14 heavy (non-hydrogen) atoms. The van der Waals surface area contributed by atoms with Crippen molar-refractivity contribution in [1.29, 1.82) is 0 Å².